The molecule has 1 fully saturated rings. The van der Waals surface area contributed by atoms with Crippen molar-refractivity contribution < 1.29 is 9.47 Å². The topological polar surface area (TPSA) is 34.6 Å². The van der Waals surface area contributed by atoms with Gasteiger partial charge in [-0.05, 0) is 23.3 Å². The fourth-order valence-corrected chi connectivity index (χ4v) is 2.56. The zero-order chi connectivity index (χ0) is 14.5. The zero-order valence-electron chi connectivity index (χ0n) is 12.3. The van der Waals surface area contributed by atoms with E-state index in [4.69, 9.17) is 9.47 Å². The van der Waals surface area contributed by atoms with Crippen molar-refractivity contribution >= 4 is 0 Å². The smallest absolute Gasteiger partial charge is 0.137 e. The average Bonchev–Trinajstić information content (AvgIpc) is 2.56. The Morgan fingerprint density at radius 3 is 2.81 bits per heavy atom. The van der Waals surface area contributed by atoms with Gasteiger partial charge >= 0.3 is 0 Å². The first-order valence-corrected chi connectivity index (χ1v) is 7.23. The standard InChI is InChI=1S/C17H20N2O2/c1-20-17-10-16(11-18-12-17)15-4-2-3-14(9-15)13-19-5-7-21-8-6-19/h2-4,9-12H,5-8,13H2,1H3. The van der Waals surface area contributed by atoms with Gasteiger partial charge in [0.15, 0.2) is 0 Å². The minimum atomic E-state index is 0.783. The summed E-state index contributed by atoms with van der Waals surface area (Å²) in [5.41, 5.74) is 3.57. The summed E-state index contributed by atoms with van der Waals surface area (Å²) in [7, 11) is 1.66. The molecule has 0 spiro atoms. The van der Waals surface area contributed by atoms with Gasteiger partial charge in [-0.25, -0.2) is 0 Å². The number of nitrogens with zero attached hydrogens (tertiary/aromatic N) is 2. The van der Waals surface area contributed by atoms with Gasteiger partial charge in [0, 0.05) is 31.4 Å². The highest BCUT2D eigenvalue weighted by atomic mass is 16.5. The molecule has 21 heavy (non-hydrogen) atoms. The first-order chi connectivity index (χ1) is 10.3. The Kier molecular flexibility index (Phi) is 4.48. The summed E-state index contributed by atoms with van der Waals surface area (Å²) in [5, 5.41) is 0. The molecule has 1 saturated heterocycles. The molecule has 1 aliphatic rings. The second-order valence-corrected chi connectivity index (χ2v) is 5.20. The SMILES string of the molecule is COc1cncc(-c2cccc(CN3CCOCC3)c2)c1. The number of morpholine rings is 1. The van der Waals surface area contributed by atoms with Crippen molar-refractivity contribution in [2.75, 3.05) is 33.4 Å². The molecule has 1 aliphatic heterocycles. The molecule has 3 rings (SSSR count). The summed E-state index contributed by atoms with van der Waals surface area (Å²) < 4.78 is 10.6. The molecular weight excluding hydrogens is 264 g/mol. The van der Waals surface area contributed by atoms with E-state index in [-0.39, 0.29) is 0 Å². The van der Waals surface area contributed by atoms with Crippen LogP contribution in [-0.2, 0) is 11.3 Å². The molecule has 0 radical (unpaired) electrons. The highest BCUT2D eigenvalue weighted by Gasteiger charge is 2.11. The van der Waals surface area contributed by atoms with E-state index in [0.717, 1.165) is 44.2 Å². The third-order valence-corrected chi connectivity index (χ3v) is 3.72. The van der Waals surface area contributed by atoms with E-state index in [2.05, 4.69) is 34.1 Å². The van der Waals surface area contributed by atoms with Crippen LogP contribution in [-0.4, -0.2) is 43.3 Å². The Bertz CT molecular complexity index is 595. The van der Waals surface area contributed by atoms with Gasteiger partial charge < -0.3 is 9.47 Å². The molecule has 0 atom stereocenters. The van der Waals surface area contributed by atoms with Crippen molar-refractivity contribution in [1.29, 1.82) is 0 Å². The number of hydrogen-bond donors (Lipinski definition) is 0. The van der Waals surface area contributed by atoms with Crippen LogP contribution < -0.4 is 4.74 Å². The quantitative estimate of drug-likeness (QED) is 0.864. The van der Waals surface area contributed by atoms with Crippen LogP contribution in [0.5, 0.6) is 5.75 Å². The number of ether oxygens (including phenoxy) is 2. The summed E-state index contributed by atoms with van der Waals surface area (Å²) in [4.78, 5) is 6.65. The zero-order valence-corrected chi connectivity index (χ0v) is 12.3. The normalized spacial score (nSPS) is 15.9. The molecule has 0 saturated carbocycles. The number of methoxy groups -OCH3 is 1. The molecule has 1 aromatic heterocycles. The Balaban J connectivity index is 1.78. The van der Waals surface area contributed by atoms with E-state index >= 15 is 0 Å². The highest BCUT2D eigenvalue weighted by Crippen LogP contribution is 2.23. The maximum absolute atomic E-state index is 5.39. The molecule has 0 unspecified atom stereocenters. The van der Waals surface area contributed by atoms with Crippen LogP contribution in [0.25, 0.3) is 11.1 Å². The van der Waals surface area contributed by atoms with Gasteiger partial charge in [0.05, 0.1) is 26.5 Å². The van der Waals surface area contributed by atoms with Crippen LogP contribution >= 0.6 is 0 Å². The summed E-state index contributed by atoms with van der Waals surface area (Å²) >= 11 is 0. The fourth-order valence-electron chi connectivity index (χ4n) is 2.56. The third-order valence-electron chi connectivity index (χ3n) is 3.72. The van der Waals surface area contributed by atoms with Gasteiger partial charge in [0.25, 0.3) is 0 Å². The number of pyridine rings is 1. The summed E-state index contributed by atoms with van der Waals surface area (Å²) in [5.74, 6) is 0.783. The van der Waals surface area contributed by atoms with Gasteiger partial charge in [0.2, 0.25) is 0 Å². The molecule has 110 valence electrons. The summed E-state index contributed by atoms with van der Waals surface area (Å²) in [6, 6.07) is 10.6. The van der Waals surface area contributed by atoms with Crippen molar-refractivity contribution in [1.82, 2.24) is 9.88 Å². The van der Waals surface area contributed by atoms with Crippen LogP contribution in [0, 0.1) is 0 Å². The maximum atomic E-state index is 5.39. The molecule has 0 N–H and O–H groups in total. The van der Waals surface area contributed by atoms with Crippen LogP contribution in [0.15, 0.2) is 42.7 Å². The minimum Gasteiger partial charge on any atom is -0.495 e. The third kappa shape index (κ3) is 3.60. The van der Waals surface area contributed by atoms with E-state index in [0.29, 0.717) is 0 Å². The molecule has 2 aromatic rings. The van der Waals surface area contributed by atoms with E-state index < -0.39 is 0 Å². The van der Waals surface area contributed by atoms with Crippen LogP contribution in [0.4, 0.5) is 0 Å². The van der Waals surface area contributed by atoms with Gasteiger partial charge in [-0.2, -0.15) is 0 Å². The minimum absolute atomic E-state index is 0.783. The van der Waals surface area contributed by atoms with Gasteiger partial charge in [-0.1, -0.05) is 18.2 Å². The number of rotatable bonds is 4. The molecule has 0 aliphatic carbocycles. The van der Waals surface area contributed by atoms with E-state index in [1.54, 1.807) is 13.3 Å². The Morgan fingerprint density at radius 1 is 1.14 bits per heavy atom. The van der Waals surface area contributed by atoms with E-state index in [9.17, 15) is 0 Å². The number of hydrogen-bond acceptors (Lipinski definition) is 4. The lowest BCUT2D eigenvalue weighted by atomic mass is 10.0. The van der Waals surface area contributed by atoms with Crippen molar-refractivity contribution in [3.8, 4) is 16.9 Å². The lowest BCUT2D eigenvalue weighted by Gasteiger charge is -2.26. The highest BCUT2D eigenvalue weighted by molar-refractivity contribution is 5.64. The van der Waals surface area contributed by atoms with Crippen LogP contribution in [0.1, 0.15) is 5.56 Å². The Hall–Kier alpha value is -1.91. The fraction of sp³-hybridized carbons (Fsp3) is 0.353. The predicted octanol–water partition coefficient (Wildman–Crippen LogP) is 2.59. The first kappa shape index (κ1) is 14.0. The van der Waals surface area contributed by atoms with Crippen molar-refractivity contribution in [3.63, 3.8) is 0 Å². The van der Waals surface area contributed by atoms with Gasteiger partial charge in [-0.3, -0.25) is 9.88 Å². The molecule has 2 heterocycles. The molecule has 4 heteroatoms. The second kappa shape index (κ2) is 6.70. The summed E-state index contributed by atoms with van der Waals surface area (Å²) in [6.45, 7) is 4.64. The first-order valence-electron chi connectivity index (χ1n) is 7.23. The lowest BCUT2D eigenvalue weighted by Crippen LogP contribution is -2.35. The van der Waals surface area contributed by atoms with Crippen molar-refractivity contribution in [3.05, 3.63) is 48.3 Å². The summed E-state index contributed by atoms with van der Waals surface area (Å²) in [6.07, 6.45) is 3.59. The second-order valence-electron chi connectivity index (χ2n) is 5.20. The Morgan fingerprint density at radius 2 is 2.00 bits per heavy atom. The van der Waals surface area contributed by atoms with Crippen molar-refractivity contribution in [2.24, 2.45) is 0 Å². The molecule has 0 amide bonds. The molecular formula is C17H20N2O2. The van der Waals surface area contributed by atoms with Crippen molar-refractivity contribution in [2.45, 2.75) is 6.54 Å². The largest absolute Gasteiger partial charge is 0.495 e. The molecule has 0 bridgehead atoms. The monoisotopic (exact) mass is 284 g/mol. The maximum Gasteiger partial charge on any atom is 0.137 e. The number of aromatic nitrogens is 1. The van der Waals surface area contributed by atoms with E-state index in [1.165, 1.54) is 11.1 Å². The molecule has 4 nitrogen and oxygen atoms in total. The van der Waals surface area contributed by atoms with Gasteiger partial charge in [-0.15, -0.1) is 0 Å². The predicted molar refractivity (Wildman–Crippen MR) is 82.3 cm³/mol. The lowest BCUT2D eigenvalue weighted by molar-refractivity contribution is 0.0342. The molecule has 1 aromatic carbocycles. The number of benzene rings is 1. The van der Waals surface area contributed by atoms with Gasteiger partial charge in [0.1, 0.15) is 5.75 Å². The van der Waals surface area contributed by atoms with Crippen LogP contribution in [0.2, 0.25) is 0 Å². The van der Waals surface area contributed by atoms with Crippen LogP contribution in [0.3, 0.4) is 0 Å². The Labute approximate surface area is 125 Å². The van der Waals surface area contributed by atoms with E-state index in [1.807, 2.05) is 12.3 Å². The average molecular weight is 284 g/mol.